The molecular formula is C18H24N2O2. The van der Waals surface area contributed by atoms with E-state index in [0.29, 0.717) is 11.8 Å². The van der Waals surface area contributed by atoms with Gasteiger partial charge in [0.1, 0.15) is 0 Å². The van der Waals surface area contributed by atoms with Crippen LogP contribution < -0.4 is 4.90 Å². The van der Waals surface area contributed by atoms with Crippen molar-refractivity contribution in [2.75, 3.05) is 44.3 Å². The number of ether oxygens (including phenoxy) is 1. The van der Waals surface area contributed by atoms with Gasteiger partial charge < -0.3 is 14.5 Å². The summed E-state index contributed by atoms with van der Waals surface area (Å²) in [5.74, 6) is 1.80. The summed E-state index contributed by atoms with van der Waals surface area (Å²) >= 11 is 0. The molecule has 0 unspecified atom stereocenters. The molecule has 1 aromatic rings. The number of fused-ring (bicyclic) bond motifs is 1. The summed E-state index contributed by atoms with van der Waals surface area (Å²) in [6, 6.07) is 10.1. The molecule has 3 aliphatic rings. The van der Waals surface area contributed by atoms with Gasteiger partial charge in [0, 0.05) is 51.0 Å². The van der Waals surface area contributed by atoms with E-state index in [0.717, 1.165) is 51.0 Å². The van der Waals surface area contributed by atoms with Crippen molar-refractivity contribution in [3.05, 3.63) is 30.3 Å². The molecule has 2 atom stereocenters. The van der Waals surface area contributed by atoms with Crippen molar-refractivity contribution in [3.63, 3.8) is 0 Å². The number of likely N-dealkylation sites (tertiary alicyclic amines) is 1. The number of benzene rings is 1. The van der Waals surface area contributed by atoms with Gasteiger partial charge in [-0.1, -0.05) is 18.2 Å². The van der Waals surface area contributed by atoms with E-state index in [-0.39, 0.29) is 5.92 Å². The van der Waals surface area contributed by atoms with Crippen molar-refractivity contribution < 1.29 is 9.53 Å². The smallest absolute Gasteiger partial charge is 0.231 e. The van der Waals surface area contributed by atoms with Gasteiger partial charge in [0.25, 0.3) is 0 Å². The molecule has 0 aromatic heterocycles. The van der Waals surface area contributed by atoms with Gasteiger partial charge in [-0.3, -0.25) is 4.79 Å². The fraction of sp³-hybridized carbons (Fsp3) is 0.611. The zero-order valence-corrected chi connectivity index (χ0v) is 13.0. The van der Waals surface area contributed by atoms with Crippen LogP contribution in [0.3, 0.4) is 0 Å². The Balaban J connectivity index is 1.37. The number of hydrogen-bond acceptors (Lipinski definition) is 3. The number of hydrogen-bond donors (Lipinski definition) is 0. The molecule has 0 N–H and O–H groups in total. The van der Waals surface area contributed by atoms with Crippen molar-refractivity contribution >= 4 is 11.6 Å². The molecule has 3 saturated heterocycles. The van der Waals surface area contributed by atoms with Gasteiger partial charge in [0.05, 0.1) is 5.92 Å². The fourth-order valence-electron chi connectivity index (χ4n) is 4.23. The molecule has 0 saturated carbocycles. The Hall–Kier alpha value is -1.39. The lowest BCUT2D eigenvalue weighted by Gasteiger charge is -2.28. The van der Waals surface area contributed by atoms with Gasteiger partial charge in [0.2, 0.25) is 5.91 Å². The fourth-order valence-corrected chi connectivity index (χ4v) is 4.23. The van der Waals surface area contributed by atoms with Gasteiger partial charge >= 0.3 is 0 Å². The molecule has 0 bridgehead atoms. The Morgan fingerprint density at radius 3 is 2.55 bits per heavy atom. The van der Waals surface area contributed by atoms with Crippen molar-refractivity contribution in [2.24, 2.45) is 17.8 Å². The molecule has 1 amide bonds. The Labute approximate surface area is 132 Å². The summed E-state index contributed by atoms with van der Waals surface area (Å²) in [6.07, 6.45) is 2.35. The zero-order chi connectivity index (χ0) is 14.9. The number of anilines is 1. The van der Waals surface area contributed by atoms with Crippen LogP contribution in [0.25, 0.3) is 0 Å². The van der Waals surface area contributed by atoms with E-state index in [1.165, 1.54) is 12.8 Å². The summed E-state index contributed by atoms with van der Waals surface area (Å²) in [5, 5.41) is 0. The lowest BCUT2D eigenvalue weighted by Crippen LogP contribution is -2.36. The van der Waals surface area contributed by atoms with Crippen LogP contribution in [0.2, 0.25) is 0 Å². The molecule has 0 radical (unpaired) electrons. The van der Waals surface area contributed by atoms with Gasteiger partial charge in [-0.05, 0) is 30.9 Å². The SMILES string of the molecule is O=C1[C@@H]2CN(CC3CCOCC3)C[C@@H]2CN1c1ccccc1. The number of carbonyl (C=O) groups is 1. The molecule has 4 nitrogen and oxygen atoms in total. The first-order chi connectivity index (χ1) is 10.8. The van der Waals surface area contributed by atoms with E-state index in [1.807, 2.05) is 35.2 Å². The Morgan fingerprint density at radius 2 is 1.82 bits per heavy atom. The maximum absolute atomic E-state index is 12.7. The summed E-state index contributed by atoms with van der Waals surface area (Å²) in [5.41, 5.74) is 1.05. The molecule has 118 valence electrons. The highest BCUT2D eigenvalue weighted by Gasteiger charge is 2.46. The molecular weight excluding hydrogens is 276 g/mol. The number of amides is 1. The highest BCUT2D eigenvalue weighted by molar-refractivity contribution is 5.98. The van der Waals surface area contributed by atoms with E-state index < -0.39 is 0 Å². The number of para-hydroxylation sites is 1. The molecule has 4 rings (SSSR count). The minimum absolute atomic E-state index is 0.208. The maximum Gasteiger partial charge on any atom is 0.231 e. The number of nitrogens with zero attached hydrogens (tertiary/aromatic N) is 2. The highest BCUT2D eigenvalue weighted by Crippen LogP contribution is 2.35. The zero-order valence-electron chi connectivity index (χ0n) is 13.0. The van der Waals surface area contributed by atoms with Crippen molar-refractivity contribution in [2.45, 2.75) is 12.8 Å². The molecule has 3 heterocycles. The molecule has 22 heavy (non-hydrogen) atoms. The first kappa shape index (κ1) is 14.2. The van der Waals surface area contributed by atoms with Gasteiger partial charge in [-0.25, -0.2) is 0 Å². The summed E-state index contributed by atoms with van der Waals surface area (Å²) in [7, 11) is 0. The molecule has 1 aromatic carbocycles. The largest absolute Gasteiger partial charge is 0.381 e. The van der Waals surface area contributed by atoms with Crippen LogP contribution >= 0.6 is 0 Å². The molecule has 4 heteroatoms. The van der Waals surface area contributed by atoms with E-state index in [1.54, 1.807) is 0 Å². The maximum atomic E-state index is 12.7. The van der Waals surface area contributed by atoms with E-state index in [2.05, 4.69) is 4.90 Å². The summed E-state index contributed by atoms with van der Waals surface area (Å²) in [4.78, 5) is 17.2. The Bertz CT molecular complexity index is 527. The minimum atomic E-state index is 0.208. The molecule has 3 fully saturated rings. The summed E-state index contributed by atoms with van der Waals surface area (Å²) in [6.45, 7) is 5.88. The van der Waals surface area contributed by atoms with E-state index in [9.17, 15) is 4.79 Å². The second-order valence-electron chi connectivity index (χ2n) is 6.93. The van der Waals surface area contributed by atoms with Crippen LogP contribution in [0.5, 0.6) is 0 Å². The van der Waals surface area contributed by atoms with E-state index >= 15 is 0 Å². The van der Waals surface area contributed by atoms with Crippen LogP contribution in [0.15, 0.2) is 30.3 Å². The van der Waals surface area contributed by atoms with Gasteiger partial charge in [-0.15, -0.1) is 0 Å². The third-order valence-corrected chi connectivity index (χ3v) is 5.44. The summed E-state index contributed by atoms with van der Waals surface area (Å²) < 4.78 is 5.44. The van der Waals surface area contributed by atoms with E-state index in [4.69, 9.17) is 4.74 Å². The first-order valence-corrected chi connectivity index (χ1v) is 8.48. The van der Waals surface area contributed by atoms with Gasteiger partial charge in [-0.2, -0.15) is 0 Å². The predicted octanol–water partition coefficient (Wildman–Crippen LogP) is 2.01. The topological polar surface area (TPSA) is 32.8 Å². The number of carbonyl (C=O) groups excluding carboxylic acids is 1. The second-order valence-corrected chi connectivity index (χ2v) is 6.93. The average Bonchev–Trinajstić information content (AvgIpc) is 3.08. The van der Waals surface area contributed by atoms with Crippen molar-refractivity contribution in [1.29, 1.82) is 0 Å². The highest BCUT2D eigenvalue weighted by atomic mass is 16.5. The standard InChI is InChI=1S/C18H24N2O2/c21-18-17-13-19(10-14-6-8-22-9-7-14)11-15(17)12-20(18)16-4-2-1-3-5-16/h1-5,14-15,17H,6-13H2/t15-,17-/m1/s1. The van der Waals surface area contributed by atoms with Crippen LogP contribution in [0.1, 0.15) is 12.8 Å². The van der Waals surface area contributed by atoms with Crippen LogP contribution in [-0.2, 0) is 9.53 Å². The van der Waals surface area contributed by atoms with Crippen LogP contribution in [0.4, 0.5) is 5.69 Å². The lowest BCUT2D eigenvalue weighted by molar-refractivity contribution is -0.120. The predicted molar refractivity (Wildman–Crippen MR) is 85.8 cm³/mol. The van der Waals surface area contributed by atoms with Crippen LogP contribution in [0, 0.1) is 17.8 Å². The Morgan fingerprint density at radius 1 is 1.05 bits per heavy atom. The lowest BCUT2D eigenvalue weighted by atomic mass is 10.00. The van der Waals surface area contributed by atoms with Crippen molar-refractivity contribution in [1.82, 2.24) is 4.90 Å². The first-order valence-electron chi connectivity index (χ1n) is 8.48. The Kier molecular flexibility index (Phi) is 3.89. The third kappa shape index (κ3) is 2.66. The third-order valence-electron chi connectivity index (χ3n) is 5.44. The van der Waals surface area contributed by atoms with Crippen LogP contribution in [-0.4, -0.2) is 50.2 Å². The normalized spacial score (nSPS) is 30.0. The quantitative estimate of drug-likeness (QED) is 0.856. The average molecular weight is 300 g/mol. The van der Waals surface area contributed by atoms with Crippen molar-refractivity contribution in [3.8, 4) is 0 Å². The molecule has 0 aliphatic carbocycles. The molecule has 0 spiro atoms. The number of rotatable bonds is 3. The minimum Gasteiger partial charge on any atom is -0.381 e. The monoisotopic (exact) mass is 300 g/mol. The molecule has 3 aliphatic heterocycles. The van der Waals surface area contributed by atoms with Gasteiger partial charge in [0.15, 0.2) is 0 Å². The second kappa shape index (κ2) is 6.01.